The van der Waals surface area contributed by atoms with E-state index in [0.29, 0.717) is 17.1 Å². The summed E-state index contributed by atoms with van der Waals surface area (Å²) in [5.41, 5.74) is 5.59. The lowest BCUT2D eigenvalue weighted by atomic mass is 10.2. The number of nitrogens with one attached hydrogen (secondary N) is 1. The van der Waals surface area contributed by atoms with Crippen molar-refractivity contribution in [3.05, 3.63) is 23.8 Å². The van der Waals surface area contributed by atoms with Gasteiger partial charge in [-0.2, -0.15) is 0 Å². The first-order valence-electron chi connectivity index (χ1n) is 4.41. The van der Waals surface area contributed by atoms with Crippen molar-refractivity contribution in [2.24, 2.45) is 5.73 Å². The molecule has 0 aliphatic carbocycles. The summed E-state index contributed by atoms with van der Waals surface area (Å²) >= 11 is 4.57. The van der Waals surface area contributed by atoms with Gasteiger partial charge in [-0.05, 0) is 30.4 Å². The van der Waals surface area contributed by atoms with Crippen LogP contribution < -0.4 is 20.5 Å². The van der Waals surface area contributed by atoms with E-state index in [1.807, 2.05) is 0 Å². The fourth-order valence-electron chi connectivity index (χ4n) is 1.16. The molecule has 0 saturated carbocycles. The smallest absolute Gasteiger partial charge is 0.257 e. The molecular formula is C10H12N2O3S. The van der Waals surface area contributed by atoms with Crippen LogP contribution in [0.1, 0.15) is 10.4 Å². The second-order valence-electron chi connectivity index (χ2n) is 2.89. The molecule has 6 heteroatoms. The Bertz CT molecular complexity index is 421. The zero-order chi connectivity index (χ0) is 12.1. The SMILES string of the molecule is COc1ccc(C(=O)NC(N)=S)cc1OC. The van der Waals surface area contributed by atoms with Crippen molar-refractivity contribution in [3.8, 4) is 11.5 Å². The van der Waals surface area contributed by atoms with Gasteiger partial charge in [-0.3, -0.25) is 10.1 Å². The van der Waals surface area contributed by atoms with Gasteiger partial charge in [0.2, 0.25) is 0 Å². The average Bonchev–Trinajstić information content (AvgIpc) is 2.27. The number of benzene rings is 1. The van der Waals surface area contributed by atoms with Crippen LogP contribution in [0.4, 0.5) is 0 Å². The molecular weight excluding hydrogens is 228 g/mol. The van der Waals surface area contributed by atoms with E-state index < -0.39 is 0 Å². The number of ether oxygens (including phenoxy) is 2. The first kappa shape index (κ1) is 12.3. The molecule has 1 aromatic rings. The normalized spacial score (nSPS) is 9.38. The molecule has 0 spiro atoms. The fraction of sp³-hybridized carbons (Fsp3) is 0.200. The van der Waals surface area contributed by atoms with Crippen LogP contribution in [0.25, 0.3) is 0 Å². The first-order valence-corrected chi connectivity index (χ1v) is 4.82. The highest BCUT2D eigenvalue weighted by molar-refractivity contribution is 7.80. The van der Waals surface area contributed by atoms with Crippen LogP contribution in [0.15, 0.2) is 18.2 Å². The molecule has 5 nitrogen and oxygen atoms in total. The average molecular weight is 240 g/mol. The number of nitrogens with two attached hydrogens (primary N) is 1. The van der Waals surface area contributed by atoms with Crippen molar-refractivity contribution in [1.29, 1.82) is 0 Å². The third kappa shape index (κ3) is 2.83. The molecule has 3 N–H and O–H groups in total. The van der Waals surface area contributed by atoms with Crippen molar-refractivity contribution in [2.75, 3.05) is 14.2 Å². The van der Waals surface area contributed by atoms with Gasteiger partial charge in [0.25, 0.3) is 5.91 Å². The predicted molar refractivity (Wildman–Crippen MR) is 63.8 cm³/mol. The highest BCUT2D eigenvalue weighted by atomic mass is 32.1. The van der Waals surface area contributed by atoms with E-state index in [0.717, 1.165) is 0 Å². The number of hydrogen-bond donors (Lipinski definition) is 2. The van der Waals surface area contributed by atoms with Gasteiger partial charge in [0.15, 0.2) is 16.6 Å². The molecule has 0 heterocycles. The molecule has 0 radical (unpaired) electrons. The number of carbonyl (C=O) groups excluding carboxylic acids is 1. The van der Waals surface area contributed by atoms with Crippen LogP contribution in [-0.2, 0) is 0 Å². The Kier molecular flexibility index (Phi) is 4.07. The maximum atomic E-state index is 11.5. The van der Waals surface area contributed by atoms with Gasteiger partial charge in [0, 0.05) is 5.56 Å². The van der Waals surface area contributed by atoms with Crippen LogP contribution in [0, 0.1) is 0 Å². The first-order chi connectivity index (χ1) is 7.58. The molecule has 0 aliphatic rings. The van der Waals surface area contributed by atoms with E-state index in [9.17, 15) is 4.79 Å². The molecule has 1 aromatic carbocycles. The summed E-state index contributed by atoms with van der Waals surface area (Å²) in [5, 5.41) is 2.25. The van der Waals surface area contributed by atoms with Crippen molar-refractivity contribution >= 4 is 23.2 Å². The van der Waals surface area contributed by atoms with Gasteiger partial charge in [-0.15, -0.1) is 0 Å². The van der Waals surface area contributed by atoms with Gasteiger partial charge in [0.1, 0.15) is 0 Å². The minimum atomic E-state index is -0.381. The van der Waals surface area contributed by atoms with E-state index in [2.05, 4.69) is 17.5 Å². The molecule has 0 unspecified atom stereocenters. The molecule has 16 heavy (non-hydrogen) atoms. The second kappa shape index (κ2) is 5.32. The molecule has 0 bridgehead atoms. The molecule has 0 fully saturated rings. The van der Waals surface area contributed by atoms with Crippen LogP contribution in [0.5, 0.6) is 11.5 Å². The number of amides is 1. The Balaban J connectivity index is 2.98. The summed E-state index contributed by atoms with van der Waals surface area (Å²) in [7, 11) is 3.01. The predicted octanol–water partition coefficient (Wildman–Crippen LogP) is 0.677. The summed E-state index contributed by atoms with van der Waals surface area (Å²) in [6, 6.07) is 4.77. The Morgan fingerprint density at radius 3 is 2.44 bits per heavy atom. The van der Waals surface area contributed by atoms with Gasteiger partial charge in [0.05, 0.1) is 14.2 Å². The van der Waals surface area contributed by atoms with Crippen LogP contribution >= 0.6 is 12.2 Å². The zero-order valence-corrected chi connectivity index (χ0v) is 9.76. The van der Waals surface area contributed by atoms with Crippen molar-refractivity contribution in [1.82, 2.24) is 5.32 Å². The third-order valence-electron chi connectivity index (χ3n) is 1.88. The minimum Gasteiger partial charge on any atom is -0.493 e. The van der Waals surface area contributed by atoms with Gasteiger partial charge in [-0.1, -0.05) is 0 Å². The van der Waals surface area contributed by atoms with Crippen molar-refractivity contribution < 1.29 is 14.3 Å². The summed E-state index contributed by atoms with van der Waals surface area (Å²) in [6.07, 6.45) is 0. The summed E-state index contributed by atoms with van der Waals surface area (Å²) in [6.45, 7) is 0. The maximum Gasteiger partial charge on any atom is 0.257 e. The Morgan fingerprint density at radius 1 is 1.31 bits per heavy atom. The molecule has 86 valence electrons. The number of methoxy groups -OCH3 is 2. The summed E-state index contributed by atoms with van der Waals surface area (Å²) < 4.78 is 10.1. The van der Waals surface area contributed by atoms with E-state index in [1.165, 1.54) is 14.2 Å². The monoisotopic (exact) mass is 240 g/mol. The van der Waals surface area contributed by atoms with Crippen molar-refractivity contribution in [3.63, 3.8) is 0 Å². The number of hydrogen-bond acceptors (Lipinski definition) is 4. The highest BCUT2D eigenvalue weighted by Gasteiger charge is 2.10. The molecule has 0 atom stereocenters. The van der Waals surface area contributed by atoms with Crippen molar-refractivity contribution in [2.45, 2.75) is 0 Å². The molecule has 0 saturated heterocycles. The largest absolute Gasteiger partial charge is 0.493 e. The lowest BCUT2D eigenvalue weighted by molar-refractivity contribution is 0.0977. The van der Waals surface area contributed by atoms with E-state index in [4.69, 9.17) is 15.2 Å². The van der Waals surface area contributed by atoms with Crippen LogP contribution in [0.2, 0.25) is 0 Å². The van der Waals surface area contributed by atoms with Crippen LogP contribution in [0.3, 0.4) is 0 Å². The molecule has 0 aromatic heterocycles. The molecule has 1 amide bonds. The lowest BCUT2D eigenvalue weighted by Crippen LogP contribution is -2.34. The Morgan fingerprint density at radius 2 is 1.94 bits per heavy atom. The Labute approximate surface area is 98.5 Å². The molecule has 1 rings (SSSR count). The van der Waals surface area contributed by atoms with E-state index in [-0.39, 0.29) is 11.0 Å². The van der Waals surface area contributed by atoms with Gasteiger partial charge < -0.3 is 15.2 Å². The number of carbonyl (C=O) groups is 1. The topological polar surface area (TPSA) is 73.6 Å². The quantitative estimate of drug-likeness (QED) is 0.760. The van der Waals surface area contributed by atoms with Crippen LogP contribution in [-0.4, -0.2) is 25.2 Å². The Hall–Kier alpha value is -1.82. The fourth-order valence-corrected chi connectivity index (χ4v) is 1.25. The number of thiocarbonyl (C=S) groups is 1. The van der Waals surface area contributed by atoms with E-state index >= 15 is 0 Å². The summed E-state index contributed by atoms with van der Waals surface area (Å²) in [5.74, 6) is 0.640. The number of rotatable bonds is 3. The zero-order valence-electron chi connectivity index (χ0n) is 8.94. The van der Waals surface area contributed by atoms with Gasteiger partial charge in [-0.25, -0.2) is 0 Å². The third-order valence-corrected chi connectivity index (χ3v) is 1.98. The summed E-state index contributed by atoms with van der Waals surface area (Å²) in [4.78, 5) is 11.5. The standard InChI is InChI=1S/C10H12N2O3S/c1-14-7-4-3-6(5-8(7)15-2)9(13)12-10(11)16/h3-5H,1-2H3,(H3,11,12,13,16). The van der Waals surface area contributed by atoms with Gasteiger partial charge >= 0.3 is 0 Å². The minimum absolute atomic E-state index is 0.0696. The van der Waals surface area contributed by atoms with E-state index in [1.54, 1.807) is 18.2 Å². The highest BCUT2D eigenvalue weighted by Crippen LogP contribution is 2.27. The maximum absolute atomic E-state index is 11.5. The second-order valence-corrected chi connectivity index (χ2v) is 3.33. The molecule has 0 aliphatic heterocycles. The lowest BCUT2D eigenvalue weighted by Gasteiger charge is -2.09.